The van der Waals surface area contributed by atoms with E-state index in [-0.39, 0.29) is 6.04 Å². The molecule has 1 atom stereocenters. The van der Waals surface area contributed by atoms with E-state index in [0.717, 1.165) is 16.7 Å². The molecule has 0 spiro atoms. The second kappa shape index (κ2) is 6.12. The molecule has 0 aliphatic carbocycles. The number of benzene rings is 2. The lowest BCUT2D eigenvalue weighted by Gasteiger charge is -2.18. The van der Waals surface area contributed by atoms with E-state index >= 15 is 0 Å². The van der Waals surface area contributed by atoms with Crippen LogP contribution in [0.5, 0.6) is 0 Å². The zero-order chi connectivity index (χ0) is 14.0. The van der Waals surface area contributed by atoms with Gasteiger partial charge in [-0.3, -0.25) is 5.84 Å². The van der Waals surface area contributed by atoms with Crippen molar-refractivity contribution in [3.8, 4) is 0 Å². The van der Waals surface area contributed by atoms with Crippen LogP contribution >= 0.6 is 34.8 Å². The van der Waals surface area contributed by atoms with E-state index in [1.165, 1.54) is 0 Å². The van der Waals surface area contributed by atoms with Crippen molar-refractivity contribution < 1.29 is 0 Å². The summed E-state index contributed by atoms with van der Waals surface area (Å²) in [5.74, 6) is 5.65. The predicted molar refractivity (Wildman–Crippen MR) is 81.8 cm³/mol. The first-order valence-electron chi connectivity index (χ1n) is 5.69. The van der Waals surface area contributed by atoms with Crippen molar-refractivity contribution in [2.75, 3.05) is 0 Å². The fraction of sp³-hybridized carbons (Fsp3) is 0.143. The maximum Gasteiger partial charge on any atom is 0.0711 e. The molecular formula is C14H13Cl3N2. The Labute approximate surface area is 127 Å². The van der Waals surface area contributed by atoms with E-state index in [1.54, 1.807) is 6.07 Å². The van der Waals surface area contributed by atoms with Crippen LogP contribution in [-0.4, -0.2) is 0 Å². The first kappa shape index (κ1) is 14.6. The number of nitrogens with two attached hydrogens (primary N) is 1. The van der Waals surface area contributed by atoms with Crippen LogP contribution in [0.4, 0.5) is 0 Å². The number of hydrogen-bond acceptors (Lipinski definition) is 2. The average molecular weight is 316 g/mol. The van der Waals surface area contributed by atoms with Crippen molar-refractivity contribution in [3.05, 3.63) is 68.2 Å². The zero-order valence-electron chi connectivity index (χ0n) is 10.3. The SMILES string of the molecule is Cc1ccc(C(NN)c2cc(Cl)cc(Cl)c2)cc1Cl. The molecule has 0 saturated heterocycles. The third-order valence-corrected chi connectivity index (χ3v) is 3.76. The monoisotopic (exact) mass is 314 g/mol. The minimum Gasteiger partial charge on any atom is -0.271 e. The molecule has 0 fully saturated rings. The van der Waals surface area contributed by atoms with E-state index in [2.05, 4.69) is 5.43 Å². The van der Waals surface area contributed by atoms with Gasteiger partial charge in [0.2, 0.25) is 0 Å². The van der Waals surface area contributed by atoms with Gasteiger partial charge in [0.05, 0.1) is 6.04 Å². The number of hydrogen-bond donors (Lipinski definition) is 2. The minimum absolute atomic E-state index is 0.214. The molecular weight excluding hydrogens is 303 g/mol. The lowest BCUT2D eigenvalue weighted by atomic mass is 9.98. The molecule has 2 rings (SSSR count). The van der Waals surface area contributed by atoms with Crippen LogP contribution in [0, 0.1) is 6.92 Å². The quantitative estimate of drug-likeness (QED) is 0.646. The molecule has 19 heavy (non-hydrogen) atoms. The lowest BCUT2D eigenvalue weighted by molar-refractivity contribution is 0.637. The van der Waals surface area contributed by atoms with Crippen LogP contribution < -0.4 is 11.3 Å². The summed E-state index contributed by atoms with van der Waals surface area (Å²) in [4.78, 5) is 0. The molecule has 0 saturated carbocycles. The van der Waals surface area contributed by atoms with E-state index in [1.807, 2.05) is 37.3 Å². The van der Waals surface area contributed by atoms with Gasteiger partial charge in [-0.2, -0.15) is 0 Å². The van der Waals surface area contributed by atoms with Crippen LogP contribution in [0.15, 0.2) is 36.4 Å². The summed E-state index contributed by atoms with van der Waals surface area (Å²) in [6.07, 6.45) is 0. The Bertz CT molecular complexity index is 579. The third kappa shape index (κ3) is 3.41. The van der Waals surface area contributed by atoms with E-state index in [9.17, 15) is 0 Å². The maximum absolute atomic E-state index is 6.14. The second-order valence-electron chi connectivity index (χ2n) is 4.31. The Morgan fingerprint density at radius 2 is 1.58 bits per heavy atom. The van der Waals surface area contributed by atoms with Crippen molar-refractivity contribution in [3.63, 3.8) is 0 Å². The summed E-state index contributed by atoms with van der Waals surface area (Å²) in [6, 6.07) is 10.9. The topological polar surface area (TPSA) is 38.0 Å². The molecule has 2 aromatic rings. The minimum atomic E-state index is -0.214. The molecule has 1 unspecified atom stereocenters. The molecule has 0 aliphatic heterocycles. The Morgan fingerprint density at radius 3 is 2.11 bits per heavy atom. The highest BCUT2D eigenvalue weighted by molar-refractivity contribution is 6.34. The fourth-order valence-electron chi connectivity index (χ4n) is 1.92. The first-order valence-corrected chi connectivity index (χ1v) is 6.83. The molecule has 3 N–H and O–H groups in total. The fourth-order valence-corrected chi connectivity index (χ4v) is 2.65. The van der Waals surface area contributed by atoms with Gasteiger partial charge in [-0.15, -0.1) is 0 Å². The first-order chi connectivity index (χ1) is 9.01. The van der Waals surface area contributed by atoms with E-state index in [0.29, 0.717) is 15.1 Å². The summed E-state index contributed by atoms with van der Waals surface area (Å²) in [6.45, 7) is 1.95. The number of nitrogens with one attached hydrogen (secondary N) is 1. The molecule has 100 valence electrons. The number of rotatable bonds is 3. The van der Waals surface area contributed by atoms with Crippen molar-refractivity contribution in [1.82, 2.24) is 5.43 Å². The number of aryl methyl sites for hydroxylation is 1. The van der Waals surface area contributed by atoms with Gasteiger partial charge >= 0.3 is 0 Å². The zero-order valence-corrected chi connectivity index (χ0v) is 12.5. The molecule has 0 aliphatic rings. The van der Waals surface area contributed by atoms with Crippen LogP contribution in [0.3, 0.4) is 0 Å². The van der Waals surface area contributed by atoms with Gasteiger partial charge in [0.25, 0.3) is 0 Å². The molecule has 5 heteroatoms. The molecule has 0 bridgehead atoms. The van der Waals surface area contributed by atoms with Crippen LogP contribution in [0.1, 0.15) is 22.7 Å². The second-order valence-corrected chi connectivity index (χ2v) is 5.59. The van der Waals surface area contributed by atoms with Crippen molar-refractivity contribution in [2.24, 2.45) is 5.84 Å². The Hall–Kier alpha value is -0.770. The highest BCUT2D eigenvalue weighted by Gasteiger charge is 2.14. The summed E-state index contributed by atoms with van der Waals surface area (Å²) in [5, 5.41) is 1.84. The molecule has 0 aromatic heterocycles. The Balaban J connectivity index is 2.46. The van der Waals surface area contributed by atoms with Gasteiger partial charge in [0.15, 0.2) is 0 Å². The lowest BCUT2D eigenvalue weighted by Crippen LogP contribution is -2.28. The van der Waals surface area contributed by atoms with Gasteiger partial charge in [-0.1, -0.05) is 46.9 Å². The predicted octanol–water partition coefficient (Wildman–Crippen LogP) is 4.51. The van der Waals surface area contributed by atoms with Gasteiger partial charge in [0.1, 0.15) is 0 Å². The van der Waals surface area contributed by atoms with Gasteiger partial charge in [0, 0.05) is 15.1 Å². The van der Waals surface area contributed by atoms with Crippen molar-refractivity contribution in [1.29, 1.82) is 0 Å². The normalized spacial score (nSPS) is 12.5. The third-order valence-electron chi connectivity index (χ3n) is 2.91. The van der Waals surface area contributed by atoms with Crippen molar-refractivity contribution >= 4 is 34.8 Å². The van der Waals surface area contributed by atoms with Gasteiger partial charge in [-0.05, 0) is 47.9 Å². The Morgan fingerprint density at radius 1 is 0.947 bits per heavy atom. The molecule has 0 heterocycles. The largest absolute Gasteiger partial charge is 0.271 e. The highest BCUT2D eigenvalue weighted by atomic mass is 35.5. The van der Waals surface area contributed by atoms with Crippen LogP contribution in [-0.2, 0) is 0 Å². The summed E-state index contributed by atoms with van der Waals surface area (Å²) >= 11 is 18.2. The summed E-state index contributed by atoms with van der Waals surface area (Å²) < 4.78 is 0. The average Bonchev–Trinajstić information content (AvgIpc) is 2.33. The van der Waals surface area contributed by atoms with Crippen molar-refractivity contribution in [2.45, 2.75) is 13.0 Å². The smallest absolute Gasteiger partial charge is 0.0711 e. The van der Waals surface area contributed by atoms with E-state index < -0.39 is 0 Å². The number of halogens is 3. The molecule has 2 nitrogen and oxygen atoms in total. The standard InChI is InChI=1S/C14H13Cl3N2/c1-8-2-3-9(6-13(8)17)14(19-18)10-4-11(15)7-12(16)5-10/h2-7,14,19H,18H2,1H3. The van der Waals surface area contributed by atoms with Crippen LogP contribution in [0.25, 0.3) is 0 Å². The summed E-state index contributed by atoms with van der Waals surface area (Å²) in [5.41, 5.74) is 5.62. The van der Waals surface area contributed by atoms with E-state index in [4.69, 9.17) is 40.6 Å². The molecule has 0 radical (unpaired) electrons. The van der Waals surface area contributed by atoms with Gasteiger partial charge < -0.3 is 0 Å². The maximum atomic E-state index is 6.14. The highest BCUT2D eigenvalue weighted by Crippen LogP contribution is 2.29. The number of hydrazine groups is 1. The van der Waals surface area contributed by atoms with Gasteiger partial charge in [-0.25, -0.2) is 5.43 Å². The Kier molecular flexibility index (Phi) is 4.71. The molecule has 2 aromatic carbocycles. The van der Waals surface area contributed by atoms with Crippen LogP contribution in [0.2, 0.25) is 15.1 Å². The summed E-state index contributed by atoms with van der Waals surface area (Å²) in [7, 11) is 0. The molecule has 0 amide bonds.